The van der Waals surface area contributed by atoms with Crippen molar-refractivity contribution >= 4 is 37.8 Å². The van der Waals surface area contributed by atoms with Crippen molar-refractivity contribution in [1.29, 1.82) is 0 Å². The van der Waals surface area contributed by atoms with Crippen LogP contribution in [-0.2, 0) is 19.6 Å². The number of primary amides is 1. The number of nitrogens with zero attached hydrogens (tertiary/aromatic N) is 1. The van der Waals surface area contributed by atoms with E-state index in [0.717, 1.165) is 6.20 Å². The molecule has 0 radical (unpaired) electrons. The van der Waals surface area contributed by atoms with E-state index in [-0.39, 0.29) is 17.7 Å². The summed E-state index contributed by atoms with van der Waals surface area (Å²) in [5, 5.41) is 8.95. The summed E-state index contributed by atoms with van der Waals surface area (Å²) in [7, 11) is -4.05. The maximum absolute atomic E-state index is 12.0. The summed E-state index contributed by atoms with van der Waals surface area (Å²) in [6.45, 7) is 0. The van der Waals surface area contributed by atoms with Crippen molar-refractivity contribution in [2.24, 2.45) is 5.73 Å². The lowest BCUT2D eigenvalue weighted by atomic mass is 10.2. The minimum Gasteiger partial charge on any atom is -0.480 e. The van der Waals surface area contributed by atoms with Gasteiger partial charge in [-0.25, -0.2) is 8.42 Å². The van der Waals surface area contributed by atoms with E-state index in [4.69, 9.17) is 10.8 Å². The number of carboxylic acid groups (broad SMARTS) is 1. The van der Waals surface area contributed by atoms with E-state index in [1.165, 1.54) is 12.3 Å². The molecule has 20 heavy (non-hydrogen) atoms. The molecule has 0 aliphatic heterocycles. The van der Waals surface area contributed by atoms with Gasteiger partial charge in [0.05, 0.1) is 0 Å². The molecule has 0 aliphatic carbocycles. The third-order valence-electron chi connectivity index (χ3n) is 2.27. The molecule has 1 aromatic heterocycles. The molecule has 0 fully saturated rings. The average Bonchev–Trinajstić information content (AvgIpc) is 2.34. The molecule has 0 spiro atoms. The Morgan fingerprint density at radius 2 is 2.10 bits per heavy atom. The Kier molecular flexibility index (Phi) is 5.60. The quantitative estimate of drug-likeness (QED) is 0.613. The van der Waals surface area contributed by atoms with Gasteiger partial charge in [0.1, 0.15) is 10.9 Å². The van der Waals surface area contributed by atoms with Crippen LogP contribution in [0.1, 0.15) is 12.8 Å². The minimum absolute atomic E-state index is 0.183. The molecule has 0 aromatic carbocycles. The third kappa shape index (κ3) is 4.87. The topological polar surface area (TPSA) is 139 Å². The van der Waals surface area contributed by atoms with Crippen molar-refractivity contribution < 1.29 is 23.1 Å². The molecule has 8 nitrogen and oxygen atoms in total. The van der Waals surface area contributed by atoms with Crippen LogP contribution in [0.25, 0.3) is 0 Å². The summed E-state index contributed by atoms with van der Waals surface area (Å²) >= 11 is 3.07. The van der Waals surface area contributed by atoms with Crippen LogP contribution in [0.15, 0.2) is 27.8 Å². The number of pyridine rings is 1. The van der Waals surface area contributed by atoms with Crippen LogP contribution in [0.3, 0.4) is 0 Å². The molecular weight excluding hydrogens is 354 g/mol. The van der Waals surface area contributed by atoms with Gasteiger partial charge in [-0.15, -0.1) is 0 Å². The maximum Gasteiger partial charge on any atom is 0.321 e. The number of carbonyl (C=O) groups is 2. The highest BCUT2D eigenvalue weighted by Crippen LogP contribution is 2.15. The van der Waals surface area contributed by atoms with Crippen LogP contribution in [-0.4, -0.2) is 36.4 Å². The molecule has 4 N–H and O–H groups in total. The number of carbonyl (C=O) groups excluding carboxylic acids is 1. The average molecular weight is 366 g/mol. The van der Waals surface area contributed by atoms with Crippen molar-refractivity contribution in [2.45, 2.75) is 23.8 Å². The second kappa shape index (κ2) is 6.77. The van der Waals surface area contributed by atoms with E-state index in [1.54, 1.807) is 0 Å². The Morgan fingerprint density at radius 1 is 1.45 bits per heavy atom. The molecule has 0 bridgehead atoms. The zero-order valence-corrected chi connectivity index (χ0v) is 12.5. The fourth-order valence-corrected chi connectivity index (χ4v) is 3.04. The lowest BCUT2D eigenvalue weighted by molar-refractivity contribution is -0.139. The number of halogens is 1. The van der Waals surface area contributed by atoms with Gasteiger partial charge in [0, 0.05) is 23.3 Å². The molecule has 110 valence electrons. The first-order chi connectivity index (χ1) is 9.22. The predicted octanol–water partition coefficient (Wildman–Crippen LogP) is -0.159. The van der Waals surface area contributed by atoms with Gasteiger partial charge < -0.3 is 10.8 Å². The fourth-order valence-electron chi connectivity index (χ4n) is 1.31. The normalized spacial score (nSPS) is 12.8. The van der Waals surface area contributed by atoms with Gasteiger partial charge in [-0.2, -0.15) is 4.72 Å². The molecule has 10 heteroatoms. The zero-order chi connectivity index (χ0) is 15.3. The van der Waals surface area contributed by atoms with Crippen molar-refractivity contribution in [3.63, 3.8) is 0 Å². The summed E-state index contributed by atoms with van der Waals surface area (Å²) in [5.41, 5.74) is 4.91. The van der Waals surface area contributed by atoms with Crippen LogP contribution >= 0.6 is 15.9 Å². The number of hydrogen-bond acceptors (Lipinski definition) is 5. The first-order valence-electron chi connectivity index (χ1n) is 5.36. The lowest BCUT2D eigenvalue weighted by Gasteiger charge is -2.14. The summed E-state index contributed by atoms with van der Waals surface area (Å²) in [6, 6.07) is -0.158. The number of aliphatic carboxylic acids is 1. The van der Waals surface area contributed by atoms with Crippen molar-refractivity contribution in [1.82, 2.24) is 9.71 Å². The van der Waals surface area contributed by atoms with Crippen LogP contribution in [0.2, 0.25) is 0 Å². The van der Waals surface area contributed by atoms with Crippen molar-refractivity contribution in [3.8, 4) is 0 Å². The summed E-state index contributed by atoms with van der Waals surface area (Å²) in [5.74, 6) is -2.10. The Balaban J connectivity index is 2.91. The largest absolute Gasteiger partial charge is 0.480 e. The fraction of sp³-hybridized carbons (Fsp3) is 0.300. The molecular formula is C10H12BrN3O5S. The predicted molar refractivity (Wildman–Crippen MR) is 72.1 cm³/mol. The number of rotatable bonds is 7. The number of hydrogen-bond donors (Lipinski definition) is 3. The van der Waals surface area contributed by atoms with Crippen molar-refractivity contribution in [3.05, 3.63) is 22.9 Å². The highest BCUT2D eigenvalue weighted by molar-refractivity contribution is 9.10. The summed E-state index contributed by atoms with van der Waals surface area (Å²) in [6.07, 6.45) is 2.00. The number of aromatic nitrogens is 1. The van der Waals surface area contributed by atoms with Gasteiger partial charge in [-0.1, -0.05) is 0 Å². The van der Waals surface area contributed by atoms with Gasteiger partial charge in [0.25, 0.3) is 0 Å². The highest BCUT2D eigenvalue weighted by Gasteiger charge is 2.26. The molecule has 0 unspecified atom stereocenters. The standard InChI is InChI=1S/C10H12BrN3O5S/c11-6-3-7(5-13-4-6)20(18,19)14-8(10(16)17)1-2-9(12)15/h3-5,8,14H,1-2H2,(H2,12,15)(H,16,17)/t8-/m0/s1. The maximum atomic E-state index is 12.0. The Labute approximate surface area is 123 Å². The van der Waals surface area contributed by atoms with Crippen LogP contribution < -0.4 is 10.5 Å². The second-order valence-electron chi connectivity index (χ2n) is 3.86. The van der Waals surface area contributed by atoms with Gasteiger partial charge in [-0.05, 0) is 28.4 Å². The van der Waals surface area contributed by atoms with E-state index in [1.807, 2.05) is 4.72 Å². The summed E-state index contributed by atoms with van der Waals surface area (Å²) < 4.78 is 26.4. The smallest absolute Gasteiger partial charge is 0.321 e. The summed E-state index contributed by atoms with van der Waals surface area (Å²) in [4.78, 5) is 25.1. The molecule has 1 aromatic rings. The number of nitrogens with one attached hydrogen (secondary N) is 1. The molecule has 1 amide bonds. The molecule has 0 aliphatic rings. The van der Waals surface area contributed by atoms with E-state index < -0.39 is 27.9 Å². The van der Waals surface area contributed by atoms with E-state index in [9.17, 15) is 18.0 Å². The van der Waals surface area contributed by atoms with Crippen LogP contribution in [0, 0.1) is 0 Å². The molecule has 1 heterocycles. The number of amides is 1. The van der Waals surface area contributed by atoms with Gasteiger partial charge in [0.2, 0.25) is 15.9 Å². The van der Waals surface area contributed by atoms with Gasteiger partial charge >= 0.3 is 5.97 Å². The lowest BCUT2D eigenvalue weighted by Crippen LogP contribution is -2.41. The number of nitrogens with two attached hydrogens (primary N) is 1. The second-order valence-corrected chi connectivity index (χ2v) is 6.49. The molecule has 1 rings (SSSR count). The van der Waals surface area contributed by atoms with Gasteiger partial charge in [0.15, 0.2) is 0 Å². The monoisotopic (exact) mass is 365 g/mol. The first kappa shape index (κ1) is 16.5. The third-order valence-corrected chi connectivity index (χ3v) is 4.14. The molecule has 0 saturated heterocycles. The van der Waals surface area contributed by atoms with E-state index >= 15 is 0 Å². The number of sulfonamides is 1. The van der Waals surface area contributed by atoms with Crippen LogP contribution in [0.4, 0.5) is 0 Å². The Hall–Kier alpha value is -1.52. The molecule has 0 saturated carbocycles. The van der Waals surface area contributed by atoms with E-state index in [2.05, 4.69) is 20.9 Å². The van der Waals surface area contributed by atoms with Crippen molar-refractivity contribution in [2.75, 3.05) is 0 Å². The SMILES string of the molecule is NC(=O)CC[C@H](NS(=O)(=O)c1cncc(Br)c1)C(=O)O. The Bertz CT molecular complexity index is 619. The van der Waals surface area contributed by atoms with Gasteiger partial charge in [-0.3, -0.25) is 14.6 Å². The van der Waals surface area contributed by atoms with Crippen LogP contribution in [0.5, 0.6) is 0 Å². The highest BCUT2D eigenvalue weighted by atomic mass is 79.9. The minimum atomic E-state index is -4.05. The zero-order valence-electron chi connectivity index (χ0n) is 10.1. The van der Waals surface area contributed by atoms with E-state index in [0.29, 0.717) is 4.47 Å². The molecule has 1 atom stereocenters. The Morgan fingerprint density at radius 3 is 2.60 bits per heavy atom. The first-order valence-corrected chi connectivity index (χ1v) is 7.64. The number of carboxylic acids is 1.